The van der Waals surface area contributed by atoms with Gasteiger partial charge in [-0.15, -0.1) is 0 Å². The molecule has 2 fully saturated rings. The van der Waals surface area contributed by atoms with Gasteiger partial charge in [-0.05, 0) is 77.2 Å². The molecule has 0 radical (unpaired) electrons. The van der Waals surface area contributed by atoms with Crippen LogP contribution in [0.2, 0.25) is 0 Å². The van der Waals surface area contributed by atoms with Crippen LogP contribution < -0.4 is 4.74 Å². The van der Waals surface area contributed by atoms with Gasteiger partial charge in [-0.2, -0.15) is 5.10 Å². The number of nitrogens with zero attached hydrogens (tertiary/aromatic N) is 7. The lowest BCUT2D eigenvalue weighted by Gasteiger charge is -2.39. The molecule has 1 aromatic carbocycles. The van der Waals surface area contributed by atoms with Gasteiger partial charge in [-0.25, -0.2) is 14.6 Å². The fourth-order valence-electron chi connectivity index (χ4n) is 6.04. The van der Waals surface area contributed by atoms with E-state index in [-0.39, 0.29) is 6.04 Å². The Balaban J connectivity index is 1.26. The van der Waals surface area contributed by atoms with E-state index >= 15 is 0 Å². The van der Waals surface area contributed by atoms with Crippen molar-refractivity contribution in [3.63, 3.8) is 0 Å². The van der Waals surface area contributed by atoms with E-state index in [0.29, 0.717) is 12.6 Å². The third-order valence-electron chi connectivity index (χ3n) is 8.09. The second-order valence-corrected chi connectivity index (χ2v) is 10.6. The topological polar surface area (TPSA) is 64.2 Å². The van der Waals surface area contributed by atoms with Gasteiger partial charge in [-0.3, -0.25) is 4.90 Å². The number of aromatic nitrogens is 5. The van der Waals surface area contributed by atoms with Crippen LogP contribution in [0.15, 0.2) is 30.7 Å². The molecule has 0 bridgehead atoms. The van der Waals surface area contributed by atoms with Gasteiger partial charge in [0.15, 0.2) is 5.82 Å². The minimum Gasteiger partial charge on any atom is -0.491 e. The van der Waals surface area contributed by atoms with Crippen LogP contribution in [0.3, 0.4) is 0 Å². The molecule has 3 aliphatic heterocycles. The largest absolute Gasteiger partial charge is 0.491 e. The lowest BCUT2D eigenvalue weighted by Crippen LogP contribution is -2.44. The molecule has 3 aromatic rings. The molecule has 6 rings (SSSR count). The molecule has 0 N–H and O–H groups in total. The van der Waals surface area contributed by atoms with Crippen molar-refractivity contribution in [3.8, 4) is 28.7 Å². The normalized spacial score (nSPS) is 20.5. The van der Waals surface area contributed by atoms with Gasteiger partial charge in [0.25, 0.3) is 0 Å². The van der Waals surface area contributed by atoms with Crippen molar-refractivity contribution in [2.75, 3.05) is 32.8 Å². The molecule has 0 spiro atoms. The van der Waals surface area contributed by atoms with Gasteiger partial charge < -0.3 is 14.2 Å². The van der Waals surface area contributed by atoms with Gasteiger partial charge in [0.2, 0.25) is 0 Å². The highest BCUT2D eigenvalue weighted by molar-refractivity contribution is 5.69. The van der Waals surface area contributed by atoms with E-state index in [1.807, 2.05) is 4.68 Å². The first-order valence-electron chi connectivity index (χ1n) is 13.3. The molecule has 2 aromatic heterocycles. The number of hydrogen-bond acceptors (Lipinski definition) is 6. The number of likely N-dealkylation sites (tertiary alicyclic amines) is 2. The van der Waals surface area contributed by atoms with Crippen LogP contribution in [0.25, 0.3) is 22.9 Å². The Hall–Kier alpha value is -2.71. The van der Waals surface area contributed by atoms with Crippen molar-refractivity contribution in [2.24, 2.45) is 0 Å². The van der Waals surface area contributed by atoms with Crippen molar-refractivity contribution in [2.45, 2.75) is 71.1 Å². The minimum atomic E-state index is 0.228. The van der Waals surface area contributed by atoms with Crippen LogP contribution in [-0.4, -0.2) is 72.9 Å². The molecule has 5 heterocycles. The quantitative estimate of drug-likeness (QED) is 0.545. The van der Waals surface area contributed by atoms with Crippen molar-refractivity contribution < 1.29 is 4.74 Å². The zero-order chi connectivity index (χ0) is 23.9. The Morgan fingerprint density at radius 1 is 0.971 bits per heavy atom. The number of ether oxygens (including phenoxy) is 1. The summed E-state index contributed by atoms with van der Waals surface area (Å²) in [5.74, 6) is 2.68. The predicted molar refractivity (Wildman–Crippen MR) is 136 cm³/mol. The molecule has 0 amide bonds. The molecule has 3 aliphatic rings. The summed E-state index contributed by atoms with van der Waals surface area (Å²) in [6.07, 6.45) is 9.02. The van der Waals surface area contributed by atoms with Crippen molar-refractivity contribution in [1.29, 1.82) is 0 Å². The fourth-order valence-corrected chi connectivity index (χ4v) is 6.04. The summed E-state index contributed by atoms with van der Waals surface area (Å²) >= 11 is 0. The second kappa shape index (κ2) is 9.39. The first-order valence-corrected chi connectivity index (χ1v) is 13.3. The smallest absolute Gasteiger partial charge is 0.178 e. The molecule has 8 heteroatoms. The van der Waals surface area contributed by atoms with E-state index in [9.17, 15) is 0 Å². The standard InChI is InChI=1S/C27H37N7O/c1-19(2)34-27(28-18-29-34)24-17-33-14-15-35-25-7-6-21(16-23(25)26(33)30-24)20(3)31-12-8-22(9-13-31)32-10-4-5-11-32/h6-7,16-20,22H,4-5,8-15H2,1-3H3/t20-/m1/s1. The molecule has 1 atom stereocenters. The first-order chi connectivity index (χ1) is 17.1. The van der Waals surface area contributed by atoms with Crippen molar-refractivity contribution in [3.05, 3.63) is 36.3 Å². The highest BCUT2D eigenvalue weighted by Gasteiger charge is 2.29. The maximum Gasteiger partial charge on any atom is 0.178 e. The number of benzene rings is 1. The third-order valence-corrected chi connectivity index (χ3v) is 8.09. The monoisotopic (exact) mass is 475 g/mol. The van der Waals surface area contributed by atoms with Crippen LogP contribution in [0.4, 0.5) is 0 Å². The molecule has 8 nitrogen and oxygen atoms in total. The summed E-state index contributed by atoms with van der Waals surface area (Å²) in [6.45, 7) is 12.9. The number of piperidine rings is 1. The molecule has 35 heavy (non-hydrogen) atoms. The third kappa shape index (κ3) is 4.27. The summed E-state index contributed by atoms with van der Waals surface area (Å²) in [5, 5.41) is 4.40. The summed E-state index contributed by atoms with van der Waals surface area (Å²) < 4.78 is 10.3. The van der Waals surface area contributed by atoms with Gasteiger partial charge in [-0.1, -0.05) is 6.07 Å². The number of rotatable bonds is 5. The van der Waals surface area contributed by atoms with Crippen LogP contribution in [0.1, 0.15) is 64.1 Å². The number of imidazole rings is 1. The van der Waals surface area contributed by atoms with Crippen LogP contribution in [0.5, 0.6) is 5.75 Å². The fraction of sp³-hybridized carbons (Fsp3) is 0.593. The zero-order valence-electron chi connectivity index (χ0n) is 21.2. The maximum atomic E-state index is 6.12. The average Bonchev–Trinajstić information content (AvgIpc) is 3.63. The second-order valence-electron chi connectivity index (χ2n) is 10.6. The Kier molecular flexibility index (Phi) is 6.10. The van der Waals surface area contributed by atoms with E-state index in [0.717, 1.165) is 41.2 Å². The summed E-state index contributed by atoms with van der Waals surface area (Å²) in [6, 6.07) is 8.05. The Morgan fingerprint density at radius 3 is 2.54 bits per heavy atom. The van der Waals surface area contributed by atoms with Gasteiger partial charge in [0, 0.05) is 37.4 Å². The number of fused-ring (bicyclic) bond motifs is 3. The van der Waals surface area contributed by atoms with Gasteiger partial charge in [0.1, 0.15) is 30.2 Å². The lowest BCUT2D eigenvalue weighted by molar-refractivity contribution is 0.102. The molecular weight excluding hydrogens is 438 g/mol. The van der Waals surface area contributed by atoms with Crippen LogP contribution >= 0.6 is 0 Å². The van der Waals surface area contributed by atoms with Gasteiger partial charge in [0.05, 0.1) is 12.1 Å². The van der Waals surface area contributed by atoms with Crippen molar-refractivity contribution >= 4 is 0 Å². The molecule has 0 unspecified atom stereocenters. The Bertz CT molecular complexity index is 1170. The SMILES string of the molecule is CC(C)n1ncnc1-c1cn2c(n1)-c1cc([C@@H](C)N3CCC(N4CCCC4)CC3)ccc1OCC2. The predicted octanol–water partition coefficient (Wildman–Crippen LogP) is 4.40. The molecule has 186 valence electrons. The highest BCUT2D eigenvalue weighted by Crippen LogP contribution is 2.37. The zero-order valence-corrected chi connectivity index (χ0v) is 21.2. The first kappa shape index (κ1) is 22.7. The van der Waals surface area contributed by atoms with Crippen LogP contribution in [0, 0.1) is 0 Å². The average molecular weight is 476 g/mol. The maximum absolute atomic E-state index is 6.12. The highest BCUT2D eigenvalue weighted by atomic mass is 16.5. The lowest BCUT2D eigenvalue weighted by atomic mass is 9.98. The minimum absolute atomic E-state index is 0.228. The molecule has 0 saturated carbocycles. The van der Waals surface area contributed by atoms with E-state index in [1.54, 1.807) is 6.33 Å². The molecule has 0 aliphatic carbocycles. The van der Waals surface area contributed by atoms with Crippen LogP contribution in [-0.2, 0) is 6.54 Å². The van der Waals surface area contributed by atoms with Gasteiger partial charge >= 0.3 is 0 Å². The van der Waals surface area contributed by atoms with E-state index in [1.165, 1.54) is 57.4 Å². The number of hydrogen-bond donors (Lipinski definition) is 0. The van der Waals surface area contributed by atoms with E-state index in [2.05, 4.69) is 69.6 Å². The summed E-state index contributed by atoms with van der Waals surface area (Å²) in [4.78, 5) is 14.9. The van der Waals surface area contributed by atoms with E-state index in [4.69, 9.17) is 9.72 Å². The van der Waals surface area contributed by atoms with Crippen molar-refractivity contribution in [1.82, 2.24) is 34.1 Å². The summed E-state index contributed by atoms with van der Waals surface area (Å²) in [7, 11) is 0. The molecule has 2 saturated heterocycles. The van der Waals surface area contributed by atoms with E-state index < -0.39 is 0 Å². The Labute approximate surface area is 207 Å². The molecular formula is C27H37N7O. The summed E-state index contributed by atoms with van der Waals surface area (Å²) in [5.41, 5.74) is 3.26. The Morgan fingerprint density at radius 2 is 1.77 bits per heavy atom.